The Morgan fingerprint density at radius 3 is 2.61 bits per heavy atom. The first-order valence-electron chi connectivity index (χ1n) is 13.5. The van der Waals surface area contributed by atoms with Gasteiger partial charge < -0.3 is 20.6 Å². The molecule has 3 aromatic heterocycles. The van der Waals surface area contributed by atoms with Crippen LogP contribution < -0.4 is 21.1 Å². The summed E-state index contributed by atoms with van der Waals surface area (Å²) in [5, 5.41) is 16.6. The van der Waals surface area contributed by atoms with Crippen molar-refractivity contribution in [3.05, 3.63) is 75.3 Å². The molecule has 0 saturated carbocycles. The van der Waals surface area contributed by atoms with Crippen LogP contribution in [0, 0.1) is 18.6 Å². The number of piperazine rings is 1. The molecule has 214 valence electrons. The molecule has 1 fully saturated rings. The topological polar surface area (TPSA) is 112 Å². The third kappa shape index (κ3) is 4.80. The third-order valence-electron chi connectivity index (χ3n) is 7.37. The van der Waals surface area contributed by atoms with E-state index in [9.17, 15) is 19.1 Å². The number of nitrogens with zero attached hydrogens (tertiary/aromatic N) is 4. The Kier molecular flexibility index (Phi) is 7.48. The number of hydrogen-bond donors (Lipinski definition) is 3. The van der Waals surface area contributed by atoms with Crippen molar-refractivity contribution >= 4 is 22.6 Å². The molecule has 1 amide bonds. The van der Waals surface area contributed by atoms with E-state index in [-0.39, 0.29) is 34.2 Å². The lowest BCUT2D eigenvalue weighted by atomic mass is 10.0. The molecule has 1 aliphatic rings. The van der Waals surface area contributed by atoms with Crippen LogP contribution in [0.4, 0.5) is 14.5 Å². The second kappa shape index (κ2) is 10.9. The minimum Gasteiger partial charge on any atom is -0.507 e. The van der Waals surface area contributed by atoms with E-state index in [1.807, 2.05) is 25.7 Å². The van der Waals surface area contributed by atoms with Crippen LogP contribution >= 0.6 is 0 Å². The van der Waals surface area contributed by atoms with Gasteiger partial charge in [0, 0.05) is 44.3 Å². The van der Waals surface area contributed by atoms with E-state index >= 15 is 4.39 Å². The number of halogens is 2. The summed E-state index contributed by atoms with van der Waals surface area (Å²) in [4.78, 5) is 38.8. The van der Waals surface area contributed by atoms with Gasteiger partial charge in [-0.3, -0.25) is 19.1 Å². The van der Waals surface area contributed by atoms with Crippen LogP contribution in [-0.4, -0.2) is 58.3 Å². The summed E-state index contributed by atoms with van der Waals surface area (Å²) in [6.07, 6.45) is 1.63. The number of fused-ring (bicyclic) bond motifs is 1. The van der Waals surface area contributed by atoms with Gasteiger partial charge in [-0.05, 0) is 49.6 Å². The molecule has 5 rings (SSSR count). The summed E-state index contributed by atoms with van der Waals surface area (Å²) in [6.45, 7) is 9.10. The second-order valence-corrected chi connectivity index (χ2v) is 10.6. The molecular weight excluding hydrogens is 530 g/mol. The van der Waals surface area contributed by atoms with Gasteiger partial charge >= 0.3 is 0 Å². The average Bonchev–Trinajstić information content (AvgIpc) is 2.92. The highest BCUT2D eigenvalue weighted by molar-refractivity contribution is 6.07. The number of benzene rings is 1. The number of aromatic hydroxyl groups is 1. The number of phenolic OH excluding ortho intramolecular Hbond substituents is 1. The van der Waals surface area contributed by atoms with Crippen molar-refractivity contribution in [3.8, 4) is 22.7 Å². The molecule has 3 N–H and O–H groups in total. The summed E-state index contributed by atoms with van der Waals surface area (Å²) in [7, 11) is 1.43. The van der Waals surface area contributed by atoms with Crippen molar-refractivity contribution in [2.45, 2.75) is 39.7 Å². The highest BCUT2D eigenvalue weighted by Crippen LogP contribution is 2.38. The first-order valence-corrected chi connectivity index (χ1v) is 13.5. The zero-order valence-electron chi connectivity index (χ0n) is 23.5. The lowest BCUT2D eigenvalue weighted by Gasteiger charge is -2.35. The van der Waals surface area contributed by atoms with Crippen molar-refractivity contribution in [2.24, 2.45) is 0 Å². The summed E-state index contributed by atoms with van der Waals surface area (Å²) in [5.41, 5.74) is 0.213. The van der Waals surface area contributed by atoms with Crippen LogP contribution in [0.2, 0.25) is 0 Å². The normalized spacial score (nSPS) is 15.5. The molecule has 0 radical (unpaired) electrons. The maximum absolute atomic E-state index is 16.0. The Hall–Kier alpha value is -4.38. The fourth-order valence-electron chi connectivity index (χ4n) is 5.48. The monoisotopic (exact) mass is 562 g/mol. The fraction of sp³-hybridized carbons (Fsp3) is 0.333. The van der Waals surface area contributed by atoms with Crippen molar-refractivity contribution in [1.82, 2.24) is 25.2 Å². The van der Waals surface area contributed by atoms with E-state index in [4.69, 9.17) is 0 Å². The van der Waals surface area contributed by atoms with Crippen molar-refractivity contribution in [2.75, 3.05) is 31.6 Å². The highest BCUT2D eigenvalue weighted by atomic mass is 19.1. The van der Waals surface area contributed by atoms with Crippen LogP contribution in [0.25, 0.3) is 28.0 Å². The van der Waals surface area contributed by atoms with Gasteiger partial charge in [0.25, 0.3) is 11.5 Å². The molecule has 0 aliphatic carbocycles. The Morgan fingerprint density at radius 1 is 1.20 bits per heavy atom. The van der Waals surface area contributed by atoms with Gasteiger partial charge in [0.05, 0.1) is 22.6 Å². The molecule has 4 heterocycles. The van der Waals surface area contributed by atoms with E-state index < -0.39 is 40.1 Å². The molecule has 0 spiro atoms. The number of phenols is 1. The first kappa shape index (κ1) is 28.2. The minimum absolute atomic E-state index is 0.0147. The number of hydrogen-bond acceptors (Lipinski definition) is 7. The standard InChI is InChI=1S/C30H32F2N6O3/c1-15(2)24-26(16(3)9-10-35-24)38-28-18(13-20(32)25(36-28)22-19(31)7-6-8-21(22)39)27(23(30(38)41)29(40)33-5)37-12-11-34-17(4)14-37/h6-10,13,15,17,34,39H,11-12,14H2,1-5H3,(H,33,40)/t17-/m1/s1. The van der Waals surface area contributed by atoms with Gasteiger partial charge in [0.1, 0.15) is 22.8 Å². The van der Waals surface area contributed by atoms with Crippen LogP contribution in [-0.2, 0) is 0 Å². The average molecular weight is 563 g/mol. The predicted molar refractivity (Wildman–Crippen MR) is 154 cm³/mol. The maximum atomic E-state index is 16.0. The van der Waals surface area contributed by atoms with E-state index in [0.717, 1.165) is 12.1 Å². The van der Waals surface area contributed by atoms with Gasteiger partial charge in [0.15, 0.2) is 11.5 Å². The molecule has 1 aromatic carbocycles. The van der Waals surface area contributed by atoms with Crippen molar-refractivity contribution in [3.63, 3.8) is 0 Å². The molecule has 41 heavy (non-hydrogen) atoms. The summed E-state index contributed by atoms with van der Waals surface area (Å²) in [6, 6.07) is 6.56. The van der Waals surface area contributed by atoms with Crippen LogP contribution in [0.5, 0.6) is 5.75 Å². The number of carbonyl (C=O) groups is 1. The summed E-state index contributed by atoms with van der Waals surface area (Å²) in [5.74, 6) is -3.04. The second-order valence-electron chi connectivity index (χ2n) is 10.6. The van der Waals surface area contributed by atoms with Crippen LogP contribution in [0.1, 0.15) is 48.3 Å². The highest BCUT2D eigenvalue weighted by Gasteiger charge is 2.32. The number of amides is 1. The van der Waals surface area contributed by atoms with E-state index in [1.54, 1.807) is 19.2 Å². The largest absolute Gasteiger partial charge is 0.507 e. The molecular formula is C30H32F2N6O3. The number of carbonyl (C=O) groups excluding carboxylic acids is 1. The third-order valence-corrected chi connectivity index (χ3v) is 7.37. The molecule has 4 aromatic rings. The first-order chi connectivity index (χ1) is 19.5. The molecule has 9 nitrogen and oxygen atoms in total. The number of nitrogens with one attached hydrogen (secondary N) is 2. The SMILES string of the molecule is CNC(=O)c1c(N2CCN[C@H](C)C2)c2cc(F)c(-c3c(O)cccc3F)nc2n(-c2c(C)ccnc2C(C)C)c1=O. The molecule has 0 unspecified atom stereocenters. The quantitative estimate of drug-likeness (QED) is 0.337. The fourth-order valence-corrected chi connectivity index (χ4v) is 5.48. The molecule has 11 heteroatoms. The Bertz CT molecular complexity index is 1720. The lowest BCUT2D eigenvalue weighted by Crippen LogP contribution is -2.50. The Morgan fingerprint density at radius 2 is 1.95 bits per heavy atom. The Balaban J connectivity index is 2.02. The number of aryl methyl sites for hydroxylation is 1. The van der Waals surface area contributed by atoms with Gasteiger partial charge in [-0.15, -0.1) is 0 Å². The van der Waals surface area contributed by atoms with Crippen molar-refractivity contribution in [1.29, 1.82) is 0 Å². The van der Waals surface area contributed by atoms with Crippen LogP contribution in [0.15, 0.2) is 41.3 Å². The summed E-state index contributed by atoms with van der Waals surface area (Å²) < 4.78 is 32.2. The van der Waals surface area contributed by atoms with Gasteiger partial charge in [0.2, 0.25) is 0 Å². The molecule has 1 atom stereocenters. The zero-order valence-corrected chi connectivity index (χ0v) is 23.5. The smallest absolute Gasteiger partial charge is 0.271 e. The molecule has 1 aliphatic heterocycles. The molecule has 1 saturated heterocycles. The number of aromatic nitrogens is 3. The van der Waals surface area contributed by atoms with Gasteiger partial charge in [-0.2, -0.15) is 0 Å². The van der Waals surface area contributed by atoms with Gasteiger partial charge in [-0.25, -0.2) is 13.8 Å². The number of anilines is 1. The lowest BCUT2D eigenvalue weighted by molar-refractivity contribution is 0.0962. The predicted octanol–water partition coefficient (Wildman–Crippen LogP) is 4.02. The Labute approximate surface area is 235 Å². The summed E-state index contributed by atoms with van der Waals surface area (Å²) >= 11 is 0. The molecule has 0 bridgehead atoms. The van der Waals surface area contributed by atoms with Gasteiger partial charge in [-0.1, -0.05) is 19.9 Å². The van der Waals surface area contributed by atoms with E-state index in [0.29, 0.717) is 36.6 Å². The van der Waals surface area contributed by atoms with Crippen molar-refractivity contribution < 1.29 is 18.7 Å². The number of rotatable bonds is 5. The van der Waals surface area contributed by atoms with E-state index in [1.165, 1.54) is 23.7 Å². The zero-order chi connectivity index (χ0) is 29.6. The van der Waals surface area contributed by atoms with Crippen LogP contribution in [0.3, 0.4) is 0 Å². The minimum atomic E-state index is -0.914. The van der Waals surface area contributed by atoms with E-state index in [2.05, 4.69) is 20.6 Å². The maximum Gasteiger partial charge on any atom is 0.271 e. The number of pyridine rings is 3.